The van der Waals surface area contributed by atoms with Crippen LogP contribution in [0.25, 0.3) is 0 Å². The van der Waals surface area contributed by atoms with Gasteiger partial charge in [0.05, 0.1) is 12.1 Å². The number of hydrogen-bond donors (Lipinski definition) is 1. The van der Waals surface area contributed by atoms with Crippen LogP contribution in [0.2, 0.25) is 5.02 Å². The van der Waals surface area contributed by atoms with Crippen LogP contribution in [0.3, 0.4) is 0 Å². The minimum atomic E-state index is -0.370. The van der Waals surface area contributed by atoms with Gasteiger partial charge in [0.1, 0.15) is 23.9 Å². The second-order valence-electron chi connectivity index (χ2n) is 4.20. The van der Waals surface area contributed by atoms with Gasteiger partial charge in [-0.15, -0.1) is 0 Å². The van der Waals surface area contributed by atoms with E-state index in [2.05, 4.69) is 0 Å². The zero-order valence-electron chi connectivity index (χ0n) is 11.0. The molecule has 2 rings (SSSR count). The summed E-state index contributed by atoms with van der Waals surface area (Å²) in [4.78, 5) is 0. The molecule has 20 heavy (non-hydrogen) atoms. The first-order chi connectivity index (χ1) is 9.63. The maximum atomic E-state index is 13.0. The molecule has 0 aliphatic heterocycles. The van der Waals surface area contributed by atoms with Crippen molar-refractivity contribution in [1.29, 1.82) is 0 Å². The lowest BCUT2D eigenvalue weighted by Crippen LogP contribution is -2.03. The Balaban J connectivity index is 2.14. The van der Waals surface area contributed by atoms with Gasteiger partial charge in [0.25, 0.3) is 0 Å². The van der Waals surface area contributed by atoms with Crippen molar-refractivity contribution in [1.82, 2.24) is 0 Å². The third-order valence-corrected chi connectivity index (χ3v) is 3.24. The van der Waals surface area contributed by atoms with Crippen molar-refractivity contribution < 1.29 is 13.9 Å². The van der Waals surface area contributed by atoms with Crippen molar-refractivity contribution in [2.75, 3.05) is 7.11 Å². The highest BCUT2D eigenvalue weighted by Crippen LogP contribution is 2.26. The largest absolute Gasteiger partial charge is 0.497 e. The molecule has 0 atom stereocenters. The first-order valence-electron chi connectivity index (χ1n) is 6.07. The Hall–Kier alpha value is -1.78. The molecule has 0 heterocycles. The Morgan fingerprint density at radius 2 is 1.95 bits per heavy atom. The first-order valence-corrected chi connectivity index (χ1v) is 6.45. The summed E-state index contributed by atoms with van der Waals surface area (Å²) < 4.78 is 23.8. The van der Waals surface area contributed by atoms with E-state index in [9.17, 15) is 4.39 Å². The van der Waals surface area contributed by atoms with Crippen molar-refractivity contribution in [2.45, 2.75) is 13.2 Å². The van der Waals surface area contributed by atoms with E-state index in [1.165, 1.54) is 12.1 Å². The SMILES string of the molecule is COc1ccc(OCc2ccc(F)cc2Cl)c(CN)c1. The molecule has 0 saturated heterocycles. The molecule has 5 heteroatoms. The monoisotopic (exact) mass is 295 g/mol. The molecule has 3 nitrogen and oxygen atoms in total. The van der Waals surface area contributed by atoms with Crippen LogP contribution in [-0.2, 0) is 13.2 Å². The summed E-state index contributed by atoms with van der Waals surface area (Å²) in [6.07, 6.45) is 0. The minimum Gasteiger partial charge on any atom is -0.497 e. The number of rotatable bonds is 5. The summed E-state index contributed by atoms with van der Waals surface area (Å²) in [6, 6.07) is 9.62. The molecule has 0 bridgehead atoms. The predicted molar refractivity (Wildman–Crippen MR) is 76.6 cm³/mol. The zero-order chi connectivity index (χ0) is 14.5. The van der Waals surface area contributed by atoms with Gasteiger partial charge >= 0.3 is 0 Å². The van der Waals surface area contributed by atoms with E-state index in [-0.39, 0.29) is 12.4 Å². The lowest BCUT2D eigenvalue weighted by Gasteiger charge is -2.12. The Labute approximate surface area is 122 Å². The predicted octanol–water partition coefficient (Wildman–Crippen LogP) is 3.53. The number of hydrogen-bond acceptors (Lipinski definition) is 3. The van der Waals surface area contributed by atoms with Gasteiger partial charge in [-0.2, -0.15) is 0 Å². The highest BCUT2D eigenvalue weighted by Gasteiger charge is 2.07. The molecule has 0 radical (unpaired) electrons. The molecule has 0 saturated carbocycles. The summed E-state index contributed by atoms with van der Waals surface area (Å²) >= 11 is 5.95. The Morgan fingerprint density at radius 1 is 1.15 bits per heavy atom. The topological polar surface area (TPSA) is 44.5 Å². The van der Waals surface area contributed by atoms with E-state index in [0.29, 0.717) is 22.9 Å². The molecule has 2 N–H and O–H groups in total. The summed E-state index contributed by atoms with van der Waals surface area (Å²) in [5, 5.41) is 0.341. The van der Waals surface area contributed by atoms with Crippen LogP contribution in [0.4, 0.5) is 4.39 Å². The fourth-order valence-electron chi connectivity index (χ4n) is 1.78. The molecule has 0 unspecified atom stereocenters. The standard InChI is InChI=1S/C15H15ClFNO2/c1-19-13-4-5-15(11(6-13)8-18)20-9-10-2-3-12(17)7-14(10)16/h2-7H,8-9,18H2,1H3. The molecule has 0 aliphatic rings. The van der Waals surface area contributed by atoms with E-state index in [1.807, 2.05) is 6.07 Å². The lowest BCUT2D eigenvalue weighted by atomic mass is 10.2. The summed E-state index contributed by atoms with van der Waals surface area (Å²) in [6.45, 7) is 0.585. The zero-order valence-corrected chi connectivity index (χ0v) is 11.8. The molecule has 0 fully saturated rings. The van der Waals surface area contributed by atoms with Crippen LogP contribution in [0.1, 0.15) is 11.1 Å². The van der Waals surface area contributed by atoms with E-state index in [4.69, 9.17) is 26.8 Å². The molecule has 2 aromatic rings. The van der Waals surface area contributed by atoms with Gasteiger partial charge in [-0.1, -0.05) is 17.7 Å². The second-order valence-corrected chi connectivity index (χ2v) is 4.61. The Kier molecular flexibility index (Phi) is 4.82. The summed E-state index contributed by atoms with van der Waals surface area (Å²) in [5.74, 6) is 1.01. The van der Waals surface area contributed by atoms with Crippen LogP contribution in [0, 0.1) is 5.82 Å². The molecule has 0 aliphatic carbocycles. The molecular weight excluding hydrogens is 281 g/mol. The van der Waals surface area contributed by atoms with Gasteiger partial charge in [0.15, 0.2) is 0 Å². The number of methoxy groups -OCH3 is 1. The van der Waals surface area contributed by atoms with Crippen molar-refractivity contribution >= 4 is 11.6 Å². The molecule has 0 aromatic heterocycles. The van der Waals surface area contributed by atoms with Gasteiger partial charge in [-0.05, 0) is 30.3 Å². The van der Waals surface area contributed by atoms with Gasteiger partial charge in [-0.25, -0.2) is 4.39 Å². The van der Waals surface area contributed by atoms with Crippen molar-refractivity contribution in [3.05, 3.63) is 58.4 Å². The van der Waals surface area contributed by atoms with Crippen LogP contribution in [-0.4, -0.2) is 7.11 Å². The molecule has 106 valence electrons. The number of nitrogens with two attached hydrogens (primary N) is 1. The third kappa shape index (κ3) is 3.40. The van der Waals surface area contributed by atoms with Crippen molar-refractivity contribution in [3.63, 3.8) is 0 Å². The minimum absolute atomic E-state index is 0.248. The van der Waals surface area contributed by atoms with E-state index >= 15 is 0 Å². The van der Waals surface area contributed by atoms with Crippen molar-refractivity contribution in [3.8, 4) is 11.5 Å². The first kappa shape index (κ1) is 14.6. The van der Waals surface area contributed by atoms with Gasteiger partial charge in [-0.3, -0.25) is 0 Å². The smallest absolute Gasteiger partial charge is 0.124 e. The third-order valence-electron chi connectivity index (χ3n) is 2.89. The van der Waals surface area contributed by atoms with Crippen LogP contribution in [0.15, 0.2) is 36.4 Å². The average molecular weight is 296 g/mol. The van der Waals surface area contributed by atoms with E-state index in [1.54, 1.807) is 25.3 Å². The van der Waals surface area contributed by atoms with Gasteiger partial charge < -0.3 is 15.2 Å². The van der Waals surface area contributed by atoms with Crippen LogP contribution in [0.5, 0.6) is 11.5 Å². The molecular formula is C15H15ClFNO2. The van der Waals surface area contributed by atoms with E-state index in [0.717, 1.165) is 11.3 Å². The Morgan fingerprint density at radius 3 is 2.60 bits per heavy atom. The number of benzene rings is 2. The number of halogens is 2. The van der Waals surface area contributed by atoms with E-state index < -0.39 is 0 Å². The molecule has 2 aromatic carbocycles. The lowest BCUT2D eigenvalue weighted by molar-refractivity contribution is 0.302. The molecule has 0 amide bonds. The maximum absolute atomic E-state index is 13.0. The maximum Gasteiger partial charge on any atom is 0.124 e. The average Bonchev–Trinajstić information content (AvgIpc) is 2.46. The molecule has 0 spiro atoms. The van der Waals surface area contributed by atoms with Crippen LogP contribution >= 0.6 is 11.6 Å². The summed E-state index contributed by atoms with van der Waals surface area (Å²) in [7, 11) is 1.59. The van der Waals surface area contributed by atoms with Crippen molar-refractivity contribution in [2.24, 2.45) is 5.73 Å². The number of ether oxygens (including phenoxy) is 2. The fraction of sp³-hybridized carbons (Fsp3) is 0.200. The second kappa shape index (κ2) is 6.59. The Bertz CT molecular complexity index is 604. The fourth-order valence-corrected chi connectivity index (χ4v) is 2.00. The van der Waals surface area contributed by atoms with Gasteiger partial charge in [0, 0.05) is 17.7 Å². The van der Waals surface area contributed by atoms with Gasteiger partial charge in [0.2, 0.25) is 0 Å². The highest BCUT2D eigenvalue weighted by molar-refractivity contribution is 6.31. The normalized spacial score (nSPS) is 10.4. The summed E-state index contributed by atoms with van der Waals surface area (Å²) in [5.41, 5.74) is 7.23. The van der Waals surface area contributed by atoms with Crippen LogP contribution < -0.4 is 15.2 Å². The highest BCUT2D eigenvalue weighted by atomic mass is 35.5. The quantitative estimate of drug-likeness (QED) is 0.918.